The van der Waals surface area contributed by atoms with Gasteiger partial charge < -0.3 is 38.1 Å². The van der Waals surface area contributed by atoms with Gasteiger partial charge in [0.1, 0.15) is 24.2 Å². The molecule has 0 aliphatic rings. The minimum atomic E-state index is -0.507. The number of hydrogen-bond acceptors (Lipinski definition) is 9. The summed E-state index contributed by atoms with van der Waals surface area (Å²) in [4.78, 5) is 23.9. The Morgan fingerprint density at radius 2 is 1.17 bits per heavy atom. The van der Waals surface area contributed by atoms with Crippen molar-refractivity contribution in [2.24, 2.45) is 0 Å². The first-order valence-corrected chi connectivity index (χ1v) is 11.8. The predicted molar refractivity (Wildman–Crippen MR) is 130 cm³/mol. The largest absolute Gasteiger partial charge is 0.491 e. The molecule has 0 aliphatic heterocycles. The fraction of sp³-hybridized carbons (Fsp3) is 0.680. The second-order valence-electron chi connectivity index (χ2n) is 8.50. The molecule has 10 nitrogen and oxygen atoms in total. The van der Waals surface area contributed by atoms with Crippen LogP contribution in [-0.2, 0) is 28.4 Å². The monoisotopic (exact) mass is 499 g/mol. The van der Waals surface area contributed by atoms with Crippen molar-refractivity contribution in [2.45, 2.75) is 26.4 Å². The number of ether oxygens (including phenoxy) is 7. The van der Waals surface area contributed by atoms with E-state index >= 15 is 0 Å². The molecule has 0 aromatic heterocycles. The first kappa shape index (κ1) is 30.8. The zero-order chi connectivity index (χ0) is 25.8. The first-order chi connectivity index (χ1) is 16.8. The molecule has 10 heteroatoms. The Morgan fingerprint density at radius 3 is 1.60 bits per heavy atom. The molecule has 0 unspecified atom stereocenters. The summed E-state index contributed by atoms with van der Waals surface area (Å²) in [5.41, 5.74) is 0.109. The standard InChI is InChI=1S/C25H41NO9/c1-25(2,3)35-24(28)26(4)9-10-29-11-12-30-13-14-31-15-16-32-17-18-33-19-20-34-23-7-5-22(21-27)6-8-23/h5-8,21H,9-20H2,1-4H3. The van der Waals surface area contributed by atoms with Crippen molar-refractivity contribution in [3.05, 3.63) is 29.8 Å². The van der Waals surface area contributed by atoms with Crippen molar-refractivity contribution >= 4 is 12.4 Å². The fourth-order valence-corrected chi connectivity index (χ4v) is 2.48. The highest BCUT2D eigenvalue weighted by molar-refractivity contribution is 5.74. The molecule has 0 saturated carbocycles. The van der Waals surface area contributed by atoms with Crippen LogP contribution in [0.15, 0.2) is 24.3 Å². The van der Waals surface area contributed by atoms with Crippen molar-refractivity contribution in [1.82, 2.24) is 4.90 Å². The summed E-state index contributed by atoms with van der Waals surface area (Å²) in [6, 6.07) is 6.92. The van der Waals surface area contributed by atoms with Crippen LogP contribution in [0, 0.1) is 0 Å². The molecule has 0 heterocycles. The van der Waals surface area contributed by atoms with Crippen LogP contribution in [0.3, 0.4) is 0 Å². The summed E-state index contributed by atoms with van der Waals surface area (Å²) in [5.74, 6) is 0.701. The van der Waals surface area contributed by atoms with Crippen molar-refractivity contribution in [2.75, 3.05) is 86.3 Å². The summed E-state index contributed by atoms with van der Waals surface area (Å²) in [6.45, 7) is 11.0. The number of likely N-dealkylation sites (N-methyl/N-ethyl adjacent to an activating group) is 1. The van der Waals surface area contributed by atoms with Gasteiger partial charge in [-0.2, -0.15) is 0 Å². The maximum Gasteiger partial charge on any atom is 0.410 e. The molecular formula is C25H41NO9. The number of aldehydes is 1. The topological polar surface area (TPSA) is 102 Å². The van der Waals surface area contributed by atoms with Crippen LogP contribution in [0.2, 0.25) is 0 Å². The van der Waals surface area contributed by atoms with Crippen LogP contribution in [0.1, 0.15) is 31.1 Å². The van der Waals surface area contributed by atoms with E-state index in [0.29, 0.717) is 90.5 Å². The van der Waals surface area contributed by atoms with E-state index in [-0.39, 0.29) is 6.09 Å². The van der Waals surface area contributed by atoms with Crippen molar-refractivity contribution < 1.29 is 42.7 Å². The highest BCUT2D eigenvalue weighted by Crippen LogP contribution is 2.11. The van der Waals surface area contributed by atoms with Crippen molar-refractivity contribution in [1.29, 1.82) is 0 Å². The summed E-state index contributed by atoms with van der Waals surface area (Å²) in [5, 5.41) is 0. The number of benzene rings is 1. The van der Waals surface area contributed by atoms with Gasteiger partial charge in [-0.25, -0.2) is 4.79 Å². The van der Waals surface area contributed by atoms with Gasteiger partial charge in [-0.05, 0) is 45.0 Å². The van der Waals surface area contributed by atoms with E-state index in [1.54, 1.807) is 31.3 Å². The van der Waals surface area contributed by atoms with Crippen LogP contribution in [0.4, 0.5) is 4.79 Å². The van der Waals surface area contributed by atoms with Crippen LogP contribution in [0.5, 0.6) is 5.75 Å². The maximum absolute atomic E-state index is 11.8. The Bertz CT molecular complexity index is 677. The Kier molecular flexibility index (Phi) is 16.7. The normalized spacial score (nSPS) is 11.3. The van der Waals surface area contributed by atoms with Gasteiger partial charge in [0.15, 0.2) is 0 Å². The molecule has 0 saturated heterocycles. The van der Waals surface area contributed by atoms with Gasteiger partial charge in [-0.15, -0.1) is 0 Å². The van der Waals surface area contributed by atoms with Gasteiger partial charge in [0.05, 0.1) is 66.1 Å². The minimum absolute atomic E-state index is 0.365. The van der Waals surface area contributed by atoms with Gasteiger partial charge >= 0.3 is 6.09 Å². The van der Waals surface area contributed by atoms with Crippen molar-refractivity contribution in [3.8, 4) is 5.75 Å². The Labute approximate surface area is 208 Å². The molecule has 1 rings (SSSR count). The lowest BCUT2D eigenvalue weighted by Gasteiger charge is -2.24. The Morgan fingerprint density at radius 1 is 0.743 bits per heavy atom. The van der Waals surface area contributed by atoms with E-state index in [1.165, 1.54) is 4.90 Å². The predicted octanol–water partition coefficient (Wildman–Crippen LogP) is 2.83. The molecule has 200 valence electrons. The Balaban J connectivity index is 1.78. The minimum Gasteiger partial charge on any atom is -0.491 e. The van der Waals surface area contributed by atoms with E-state index in [2.05, 4.69) is 0 Å². The molecule has 0 spiro atoms. The van der Waals surface area contributed by atoms with Gasteiger partial charge in [0, 0.05) is 19.2 Å². The van der Waals surface area contributed by atoms with Crippen LogP contribution >= 0.6 is 0 Å². The molecule has 0 atom stereocenters. The molecule has 1 aromatic rings. The molecule has 1 aromatic carbocycles. The average Bonchev–Trinajstić information content (AvgIpc) is 2.82. The Hall–Kier alpha value is -2.24. The molecule has 0 radical (unpaired) electrons. The number of hydrogen-bond donors (Lipinski definition) is 0. The second kappa shape index (κ2) is 19.0. The first-order valence-electron chi connectivity index (χ1n) is 11.8. The molecular weight excluding hydrogens is 458 g/mol. The number of carbonyl (C=O) groups excluding carboxylic acids is 2. The second-order valence-corrected chi connectivity index (χ2v) is 8.50. The van der Waals surface area contributed by atoms with Gasteiger partial charge in [-0.1, -0.05) is 0 Å². The summed E-state index contributed by atoms with van der Waals surface area (Å²) in [6.07, 6.45) is 0.429. The van der Waals surface area contributed by atoms with E-state index in [0.717, 1.165) is 6.29 Å². The molecule has 1 amide bonds. The average molecular weight is 500 g/mol. The molecule has 0 bridgehead atoms. The quantitative estimate of drug-likeness (QED) is 0.198. The third kappa shape index (κ3) is 17.8. The lowest BCUT2D eigenvalue weighted by Crippen LogP contribution is -2.36. The van der Waals surface area contributed by atoms with Crippen LogP contribution < -0.4 is 4.74 Å². The van der Waals surface area contributed by atoms with Gasteiger partial charge in [0.2, 0.25) is 0 Å². The fourth-order valence-electron chi connectivity index (χ4n) is 2.48. The number of amides is 1. The van der Waals surface area contributed by atoms with E-state index in [1.807, 2.05) is 20.8 Å². The number of nitrogens with zero attached hydrogens (tertiary/aromatic N) is 1. The highest BCUT2D eigenvalue weighted by atomic mass is 16.6. The SMILES string of the molecule is CN(CCOCCOCCOCCOCCOCCOc1ccc(C=O)cc1)C(=O)OC(C)(C)C. The summed E-state index contributed by atoms with van der Waals surface area (Å²) >= 11 is 0. The lowest BCUT2D eigenvalue weighted by atomic mass is 10.2. The third-order valence-electron chi connectivity index (χ3n) is 4.28. The van der Waals surface area contributed by atoms with Gasteiger partial charge in [0.25, 0.3) is 0 Å². The zero-order valence-electron chi connectivity index (χ0n) is 21.5. The van der Waals surface area contributed by atoms with Crippen LogP contribution in [0.25, 0.3) is 0 Å². The maximum atomic E-state index is 11.8. The van der Waals surface area contributed by atoms with E-state index in [9.17, 15) is 9.59 Å². The lowest BCUT2D eigenvalue weighted by molar-refractivity contribution is -0.0144. The molecule has 0 N–H and O–H groups in total. The van der Waals surface area contributed by atoms with E-state index < -0.39 is 5.60 Å². The van der Waals surface area contributed by atoms with Crippen LogP contribution in [-0.4, -0.2) is 109 Å². The van der Waals surface area contributed by atoms with Crippen molar-refractivity contribution in [3.63, 3.8) is 0 Å². The van der Waals surface area contributed by atoms with E-state index in [4.69, 9.17) is 33.2 Å². The van der Waals surface area contributed by atoms with Gasteiger partial charge in [-0.3, -0.25) is 4.79 Å². The molecule has 0 aliphatic carbocycles. The highest BCUT2D eigenvalue weighted by Gasteiger charge is 2.19. The summed E-state index contributed by atoms with van der Waals surface area (Å²) in [7, 11) is 1.68. The number of carbonyl (C=O) groups is 2. The molecule has 35 heavy (non-hydrogen) atoms. The summed E-state index contributed by atoms with van der Waals surface area (Å²) < 4.78 is 38.0. The smallest absolute Gasteiger partial charge is 0.410 e. The third-order valence-corrected chi connectivity index (χ3v) is 4.28. The zero-order valence-corrected chi connectivity index (χ0v) is 21.5. The molecule has 0 fully saturated rings. The number of rotatable bonds is 20.